The lowest BCUT2D eigenvalue weighted by molar-refractivity contribution is 0.338. The fourth-order valence-corrected chi connectivity index (χ4v) is 3.70. The molecule has 3 nitrogen and oxygen atoms in total. The van der Waals surface area contributed by atoms with Crippen molar-refractivity contribution in [2.75, 3.05) is 20.2 Å². The molecule has 1 aliphatic heterocycles. The molecule has 1 aliphatic rings. The Bertz CT molecular complexity index is 648. The zero-order chi connectivity index (χ0) is 15.5. The van der Waals surface area contributed by atoms with E-state index in [9.17, 15) is 0 Å². The Kier molecular flexibility index (Phi) is 4.97. The van der Waals surface area contributed by atoms with Crippen molar-refractivity contribution >= 4 is 23.2 Å². The fraction of sp³-hybridized carbons (Fsp3) is 0.412. The average Bonchev–Trinajstić information content (AvgIpc) is 2.95. The predicted octanol–water partition coefficient (Wildman–Crippen LogP) is 4.47. The largest absolute Gasteiger partial charge is 0.494 e. The molecule has 1 saturated heterocycles. The number of rotatable bonds is 4. The third-order valence-electron chi connectivity index (χ3n) is 4.17. The first kappa shape index (κ1) is 15.7. The second-order valence-electron chi connectivity index (χ2n) is 5.73. The van der Waals surface area contributed by atoms with Crippen molar-refractivity contribution in [1.82, 2.24) is 9.88 Å². The second-order valence-corrected chi connectivity index (χ2v) is 6.57. The van der Waals surface area contributed by atoms with E-state index in [1.165, 1.54) is 12.8 Å². The molecule has 1 N–H and O–H groups in total. The van der Waals surface area contributed by atoms with Crippen LogP contribution in [0.2, 0.25) is 10.0 Å². The summed E-state index contributed by atoms with van der Waals surface area (Å²) in [6.07, 6.45) is 4.61. The van der Waals surface area contributed by atoms with Crippen LogP contribution in [0.5, 0.6) is 5.75 Å². The predicted molar refractivity (Wildman–Crippen MR) is 92.0 cm³/mol. The van der Waals surface area contributed by atoms with Gasteiger partial charge < -0.3 is 14.6 Å². The van der Waals surface area contributed by atoms with E-state index < -0.39 is 0 Å². The second kappa shape index (κ2) is 6.95. The monoisotopic (exact) mass is 338 g/mol. The van der Waals surface area contributed by atoms with Crippen molar-refractivity contribution in [3.05, 3.63) is 40.5 Å². The van der Waals surface area contributed by atoms with E-state index in [0.29, 0.717) is 21.7 Å². The van der Waals surface area contributed by atoms with Gasteiger partial charge in [0.05, 0.1) is 17.8 Å². The van der Waals surface area contributed by atoms with Gasteiger partial charge in [0.25, 0.3) is 0 Å². The number of nitrogens with zero attached hydrogens (tertiary/aromatic N) is 1. The molecule has 2 heterocycles. The lowest BCUT2D eigenvalue weighted by Crippen LogP contribution is -2.32. The Morgan fingerprint density at radius 3 is 2.95 bits per heavy atom. The quantitative estimate of drug-likeness (QED) is 0.889. The van der Waals surface area contributed by atoms with Crippen LogP contribution in [0, 0.1) is 5.92 Å². The molecule has 1 atom stereocenters. The highest BCUT2D eigenvalue weighted by molar-refractivity contribution is 6.36. The highest BCUT2D eigenvalue weighted by Crippen LogP contribution is 2.39. The minimum absolute atomic E-state index is 0.539. The maximum Gasteiger partial charge on any atom is 0.146 e. The van der Waals surface area contributed by atoms with Crippen molar-refractivity contribution in [2.24, 2.45) is 5.92 Å². The number of ether oxygens (including phenoxy) is 1. The van der Waals surface area contributed by atoms with Crippen molar-refractivity contribution in [1.29, 1.82) is 0 Å². The van der Waals surface area contributed by atoms with Crippen LogP contribution >= 0.6 is 23.2 Å². The lowest BCUT2D eigenvalue weighted by atomic mass is 9.99. The Morgan fingerprint density at radius 1 is 1.36 bits per heavy atom. The molecule has 22 heavy (non-hydrogen) atoms. The number of methoxy groups -OCH3 is 1. The van der Waals surface area contributed by atoms with Crippen molar-refractivity contribution in [3.8, 4) is 17.0 Å². The summed E-state index contributed by atoms with van der Waals surface area (Å²) in [6.45, 7) is 3.19. The van der Waals surface area contributed by atoms with Crippen LogP contribution in [0.4, 0.5) is 0 Å². The molecule has 1 aromatic carbocycles. The van der Waals surface area contributed by atoms with Gasteiger partial charge in [-0.15, -0.1) is 0 Å². The lowest BCUT2D eigenvalue weighted by Gasteiger charge is -2.24. The van der Waals surface area contributed by atoms with Gasteiger partial charge in [-0.3, -0.25) is 0 Å². The molecule has 0 saturated carbocycles. The normalized spacial score (nSPS) is 18.4. The SMILES string of the molecule is COc1c(Cl)cc(Cl)cc1-c1cccn1CC1CCCNC1. The van der Waals surface area contributed by atoms with Gasteiger partial charge in [-0.1, -0.05) is 23.2 Å². The zero-order valence-electron chi connectivity index (χ0n) is 12.6. The number of hydrogen-bond acceptors (Lipinski definition) is 2. The van der Waals surface area contributed by atoms with Crippen LogP contribution < -0.4 is 10.1 Å². The van der Waals surface area contributed by atoms with Gasteiger partial charge in [-0.05, 0) is 56.1 Å². The van der Waals surface area contributed by atoms with E-state index in [1.54, 1.807) is 13.2 Å². The zero-order valence-corrected chi connectivity index (χ0v) is 14.1. The molecular weight excluding hydrogens is 319 g/mol. The smallest absolute Gasteiger partial charge is 0.146 e. The van der Waals surface area contributed by atoms with Crippen LogP contribution in [-0.4, -0.2) is 24.8 Å². The number of nitrogens with one attached hydrogen (secondary N) is 1. The molecule has 2 aromatic rings. The number of halogens is 2. The molecular formula is C17H20Cl2N2O. The van der Waals surface area contributed by atoms with Gasteiger partial charge in [-0.25, -0.2) is 0 Å². The average molecular weight is 339 g/mol. The first-order valence-electron chi connectivity index (χ1n) is 7.58. The van der Waals surface area contributed by atoms with Gasteiger partial charge in [0, 0.05) is 23.3 Å². The number of hydrogen-bond donors (Lipinski definition) is 1. The summed E-state index contributed by atoms with van der Waals surface area (Å²) in [6, 6.07) is 7.77. The summed E-state index contributed by atoms with van der Waals surface area (Å²) in [5, 5.41) is 4.62. The first-order valence-corrected chi connectivity index (χ1v) is 8.34. The molecule has 0 bridgehead atoms. The molecule has 118 valence electrons. The minimum atomic E-state index is 0.539. The number of benzene rings is 1. The van der Waals surface area contributed by atoms with Gasteiger partial charge >= 0.3 is 0 Å². The summed E-state index contributed by atoms with van der Waals surface area (Å²) in [5.41, 5.74) is 2.03. The highest BCUT2D eigenvalue weighted by Gasteiger charge is 2.18. The third-order valence-corrected chi connectivity index (χ3v) is 4.67. The van der Waals surface area contributed by atoms with E-state index in [2.05, 4.69) is 28.2 Å². The molecule has 0 aliphatic carbocycles. The maximum absolute atomic E-state index is 6.27. The Balaban J connectivity index is 1.94. The van der Waals surface area contributed by atoms with E-state index in [1.807, 2.05) is 6.07 Å². The maximum atomic E-state index is 6.27. The summed E-state index contributed by atoms with van der Waals surface area (Å²) in [5.74, 6) is 1.33. The molecule has 0 radical (unpaired) electrons. The Morgan fingerprint density at radius 2 is 2.23 bits per heavy atom. The van der Waals surface area contributed by atoms with Crippen LogP contribution in [0.15, 0.2) is 30.5 Å². The van der Waals surface area contributed by atoms with Crippen LogP contribution in [-0.2, 0) is 6.54 Å². The fourth-order valence-electron chi connectivity index (χ4n) is 3.13. The minimum Gasteiger partial charge on any atom is -0.494 e. The molecule has 5 heteroatoms. The van der Waals surface area contributed by atoms with Crippen molar-refractivity contribution < 1.29 is 4.74 Å². The summed E-state index contributed by atoms with van der Waals surface area (Å²) < 4.78 is 7.75. The summed E-state index contributed by atoms with van der Waals surface area (Å²) in [4.78, 5) is 0. The van der Waals surface area contributed by atoms with Crippen LogP contribution in [0.1, 0.15) is 12.8 Å². The highest BCUT2D eigenvalue weighted by atomic mass is 35.5. The van der Waals surface area contributed by atoms with E-state index in [-0.39, 0.29) is 0 Å². The molecule has 1 unspecified atom stereocenters. The van der Waals surface area contributed by atoms with Gasteiger partial charge in [0.15, 0.2) is 0 Å². The Labute approximate surface area is 141 Å². The van der Waals surface area contributed by atoms with E-state index in [0.717, 1.165) is 30.9 Å². The number of piperidine rings is 1. The van der Waals surface area contributed by atoms with Crippen molar-refractivity contribution in [2.45, 2.75) is 19.4 Å². The molecule has 1 fully saturated rings. The van der Waals surface area contributed by atoms with E-state index in [4.69, 9.17) is 27.9 Å². The molecule has 0 amide bonds. The Hall–Kier alpha value is -1.16. The third kappa shape index (κ3) is 3.27. The molecule has 3 rings (SSSR count). The first-order chi connectivity index (χ1) is 10.7. The van der Waals surface area contributed by atoms with E-state index >= 15 is 0 Å². The van der Waals surface area contributed by atoms with Crippen LogP contribution in [0.25, 0.3) is 11.3 Å². The van der Waals surface area contributed by atoms with Gasteiger partial charge in [0.1, 0.15) is 5.75 Å². The molecule has 0 spiro atoms. The van der Waals surface area contributed by atoms with Crippen LogP contribution in [0.3, 0.4) is 0 Å². The standard InChI is InChI=1S/C17H20Cl2N2O/c1-22-17-14(8-13(18)9-15(17)19)16-5-3-7-21(16)11-12-4-2-6-20-10-12/h3,5,7-9,12,20H,2,4,6,10-11H2,1H3. The number of aromatic nitrogens is 1. The summed E-state index contributed by atoms with van der Waals surface area (Å²) in [7, 11) is 1.64. The summed E-state index contributed by atoms with van der Waals surface area (Å²) >= 11 is 12.4. The van der Waals surface area contributed by atoms with Gasteiger partial charge in [0.2, 0.25) is 0 Å². The van der Waals surface area contributed by atoms with Crippen molar-refractivity contribution in [3.63, 3.8) is 0 Å². The van der Waals surface area contributed by atoms with Gasteiger partial charge in [-0.2, -0.15) is 0 Å². The molecule has 1 aromatic heterocycles. The topological polar surface area (TPSA) is 26.2 Å².